The maximum atomic E-state index is 11.9. The van der Waals surface area contributed by atoms with Crippen molar-refractivity contribution in [1.82, 2.24) is 4.90 Å². The van der Waals surface area contributed by atoms with E-state index >= 15 is 0 Å². The van der Waals surface area contributed by atoms with Crippen LogP contribution < -0.4 is 5.11 Å². The zero-order valence-corrected chi connectivity index (χ0v) is 12.1. The molecule has 1 fully saturated rings. The number of rotatable bonds is 3. The van der Waals surface area contributed by atoms with E-state index in [0.717, 1.165) is 0 Å². The van der Waals surface area contributed by atoms with Crippen LogP contribution in [0.3, 0.4) is 0 Å². The number of carbonyl (C=O) groups excluding carboxylic acids is 3. The molecule has 0 unspecified atom stereocenters. The van der Waals surface area contributed by atoms with Gasteiger partial charge in [0.2, 0.25) is 0 Å². The minimum absolute atomic E-state index is 0.0977. The molecule has 1 aromatic rings. The zero-order valence-electron chi connectivity index (χ0n) is 9.76. The van der Waals surface area contributed by atoms with E-state index in [1.165, 1.54) is 12.1 Å². The van der Waals surface area contributed by atoms with E-state index in [9.17, 15) is 19.5 Å². The standard InChI is InChI=1S/C12H7Cl2NO4S/c13-7-2-1-6(8(14)4-7)3-9-11(18)15(5-10(16)17)12(19)20-9/h1-4H,5H2,(H,16,17)/p-1. The molecule has 2 amide bonds. The molecule has 1 heterocycles. The molecule has 0 aliphatic carbocycles. The maximum absolute atomic E-state index is 11.9. The van der Waals surface area contributed by atoms with Crippen molar-refractivity contribution in [2.24, 2.45) is 0 Å². The van der Waals surface area contributed by atoms with Crippen molar-refractivity contribution in [3.63, 3.8) is 0 Å². The Kier molecular flexibility index (Phi) is 4.37. The number of hydrogen-bond donors (Lipinski definition) is 0. The number of hydrogen-bond acceptors (Lipinski definition) is 5. The molecule has 0 radical (unpaired) electrons. The van der Waals surface area contributed by atoms with Gasteiger partial charge in [0.05, 0.1) is 17.4 Å². The molecule has 5 nitrogen and oxygen atoms in total. The summed E-state index contributed by atoms with van der Waals surface area (Å²) in [6.07, 6.45) is 1.42. The van der Waals surface area contributed by atoms with Gasteiger partial charge in [-0.1, -0.05) is 29.3 Å². The molecule has 1 aliphatic rings. The summed E-state index contributed by atoms with van der Waals surface area (Å²) in [6, 6.07) is 4.68. The van der Waals surface area contributed by atoms with Crippen molar-refractivity contribution in [3.8, 4) is 0 Å². The molecule has 0 atom stereocenters. The number of thioether (sulfide) groups is 1. The van der Waals surface area contributed by atoms with Gasteiger partial charge in [0.1, 0.15) is 0 Å². The van der Waals surface area contributed by atoms with Crippen LogP contribution in [0.4, 0.5) is 4.79 Å². The second-order valence-corrected chi connectivity index (χ2v) is 5.64. The number of nitrogens with zero attached hydrogens (tertiary/aromatic N) is 1. The lowest BCUT2D eigenvalue weighted by Gasteiger charge is -2.12. The lowest BCUT2D eigenvalue weighted by atomic mass is 10.2. The average Bonchev–Trinajstić information content (AvgIpc) is 2.60. The quantitative estimate of drug-likeness (QED) is 0.789. The Hall–Kier alpha value is -1.50. The van der Waals surface area contributed by atoms with Crippen LogP contribution >= 0.6 is 35.0 Å². The Balaban J connectivity index is 2.30. The molecular weight excluding hydrogens is 325 g/mol. The number of carboxylic acid groups (broad SMARTS) is 1. The van der Waals surface area contributed by atoms with Gasteiger partial charge >= 0.3 is 0 Å². The normalized spacial score (nSPS) is 17.1. The van der Waals surface area contributed by atoms with Crippen LogP contribution in [0.5, 0.6) is 0 Å². The van der Waals surface area contributed by atoms with Crippen LogP contribution in [0.25, 0.3) is 6.08 Å². The number of amides is 2. The average molecular weight is 331 g/mol. The van der Waals surface area contributed by atoms with E-state index < -0.39 is 23.7 Å². The van der Waals surface area contributed by atoms with Crippen molar-refractivity contribution < 1.29 is 19.5 Å². The third-order valence-corrected chi connectivity index (χ3v) is 3.88. The van der Waals surface area contributed by atoms with Gasteiger partial charge in [-0.05, 0) is 35.5 Å². The summed E-state index contributed by atoms with van der Waals surface area (Å²) in [5, 5.41) is 10.6. The molecule has 0 aromatic heterocycles. The molecule has 0 N–H and O–H groups in total. The fourth-order valence-electron chi connectivity index (χ4n) is 1.53. The van der Waals surface area contributed by atoms with Gasteiger partial charge in [0.15, 0.2) is 0 Å². The highest BCUT2D eigenvalue weighted by Crippen LogP contribution is 2.33. The molecule has 8 heteroatoms. The molecule has 104 valence electrons. The molecule has 1 aromatic carbocycles. The number of aliphatic carboxylic acids is 1. The predicted octanol–water partition coefficient (Wildman–Crippen LogP) is 1.78. The summed E-state index contributed by atoms with van der Waals surface area (Å²) < 4.78 is 0. The smallest absolute Gasteiger partial charge is 0.293 e. The molecule has 1 aliphatic heterocycles. The van der Waals surface area contributed by atoms with Gasteiger partial charge in [-0.2, -0.15) is 0 Å². The van der Waals surface area contributed by atoms with Crippen molar-refractivity contribution in [3.05, 3.63) is 38.7 Å². The largest absolute Gasteiger partial charge is 0.548 e. The Labute approximate surface area is 128 Å². The summed E-state index contributed by atoms with van der Waals surface area (Å²) >= 11 is 12.4. The first-order valence-corrected chi connectivity index (χ1v) is 6.86. The lowest BCUT2D eigenvalue weighted by Crippen LogP contribution is -2.40. The molecule has 1 saturated heterocycles. The summed E-state index contributed by atoms with van der Waals surface area (Å²) in [5.41, 5.74) is 0.509. The van der Waals surface area contributed by atoms with Gasteiger partial charge in [-0.15, -0.1) is 0 Å². The van der Waals surface area contributed by atoms with E-state index in [0.29, 0.717) is 32.3 Å². The number of benzene rings is 1. The molecule has 0 spiro atoms. The highest BCUT2D eigenvalue weighted by molar-refractivity contribution is 8.18. The monoisotopic (exact) mass is 330 g/mol. The molecule has 0 bridgehead atoms. The first-order valence-electron chi connectivity index (χ1n) is 5.29. The summed E-state index contributed by atoms with van der Waals surface area (Å²) in [7, 11) is 0. The minimum Gasteiger partial charge on any atom is -0.548 e. The Morgan fingerprint density at radius 2 is 2.05 bits per heavy atom. The number of carboxylic acids is 1. The summed E-state index contributed by atoms with van der Waals surface area (Å²) in [4.78, 5) is 34.6. The Morgan fingerprint density at radius 3 is 2.65 bits per heavy atom. The fraction of sp³-hybridized carbons (Fsp3) is 0.0833. The van der Waals surface area contributed by atoms with Crippen molar-refractivity contribution in [1.29, 1.82) is 0 Å². The first-order chi connectivity index (χ1) is 9.38. The highest BCUT2D eigenvalue weighted by Gasteiger charge is 2.34. The summed E-state index contributed by atoms with van der Waals surface area (Å²) in [6.45, 7) is -0.768. The summed E-state index contributed by atoms with van der Waals surface area (Å²) in [5.74, 6) is -2.19. The van der Waals surface area contributed by atoms with Gasteiger partial charge in [0.25, 0.3) is 11.1 Å². The maximum Gasteiger partial charge on any atom is 0.293 e. The zero-order chi connectivity index (χ0) is 14.9. The van der Waals surface area contributed by atoms with Crippen LogP contribution in [-0.2, 0) is 9.59 Å². The van der Waals surface area contributed by atoms with Crippen molar-refractivity contribution in [2.75, 3.05) is 6.54 Å². The molecule has 0 saturated carbocycles. The highest BCUT2D eigenvalue weighted by atomic mass is 35.5. The number of halogens is 2. The van der Waals surface area contributed by atoms with E-state index in [1.54, 1.807) is 12.1 Å². The van der Waals surface area contributed by atoms with E-state index in [1.807, 2.05) is 0 Å². The minimum atomic E-state index is -1.50. The molecule has 20 heavy (non-hydrogen) atoms. The van der Waals surface area contributed by atoms with Gasteiger partial charge in [-0.25, -0.2) is 0 Å². The van der Waals surface area contributed by atoms with E-state index in [2.05, 4.69) is 0 Å². The van der Waals surface area contributed by atoms with Crippen molar-refractivity contribution in [2.45, 2.75) is 0 Å². The molecule has 2 rings (SSSR count). The fourth-order valence-corrected chi connectivity index (χ4v) is 2.82. The number of imide groups is 1. The van der Waals surface area contributed by atoms with Crippen LogP contribution in [-0.4, -0.2) is 28.6 Å². The SMILES string of the molecule is O=C([O-])CN1C(=O)SC(=Cc2ccc(Cl)cc2Cl)C1=O. The van der Waals surface area contributed by atoms with E-state index in [-0.39, 0.29) is 4.91 Å². The van der Waals surface area contributed by atoms with Crippen LogP contribution in [0.2, 0.25) is 10.0 Å². The second-order valence-electron chi connectivity index (χ2n) is 3.81. The number of carbonyl (C=O) groups is 3. The topological polar surface area (TPSA) is 77.5 Å². The van der Waals surface area contributed by atoms with Crippen LogP contribution in [0.1, 0.15) is 5.56 Å². The molecular formula is C12H6Cl2NO4S-. The van der Waals surface area contributed by atoms with E-state index in [4.69, 9.17) is 23.2 Å². The van der Waals surface area contributed by atoms with Crippen LogP contribution in [0, 0.1) is 0 Å². The Bertz CT molecular complexity index is 644. The second kappa shape index (κ2) is 5.87. The lowest BCUT2D eigenvalue weighted by molar-refractivity contribution is -0.305. The third-order valence-electron chi connectivity index (χ3n) is 2.41. The van der Waals surface area contributed by atoms with Gasteiger partial charge in [0, 0.05) is 10.0 Å². The predicted molar refractivity (Wildman–Crippen MR) is 74.1 cm³/mol. The Morgan fingerprint density at radius 1 is 1.35 bits per heavy atom. The van der Waals surface area contributed by atoms with Crippen LogP contribution in [0.15, 0.2) is 23.1 Å². The van der Waals surface area contributed by atoms with Gasteiger partial charge in [-0.3, -0.25) is 14.5 Å². The third kappa shape index (κ3) is 3.15. The van der Waals surface area contributed by atoms with Gasteiger partial charge < -0.3 is 9.90 Å². The van der Waals surface area contributed by atoms with Crippen molar-refractivity contribution >= 4 is 58.2 Å². The first kappa shape index (κ1) is 14.9.